The van der Waals surface area contributed by atoms with Gasteiger partial charge in [0.05, 0.1) is 20.8 Å². The van der Waals surface area contributed by atoms with Gasteiger partial charge in [-0.25, -0.2) is 4.99 Å². The molecule has 0 aliphatic rings. The zero-order chi connectivity index (χ0) is 17.1. The molecule has 138 valence electrons. The lowest BCUT2D eigenvalue weighted by Crippen LogP contribution is -2.35. The standard InChI is InChI=1S/C18H31N3O2.HI/c1-5-7-8-14(6-2)12-20-18(19)21-13-15-9-10-16(22-3)17(11-15)23-4;/h9-11,14H,5-8,12-13H2,1-4H3,(H3,19,20,21);1H. The predicted octanol–water partition coefficient (Wildman–Crippen LogP) is 3.94. The SMILES string of the molecule is CCCCC(CC)CNC(N)=NCc1ccc(OC)c(OC)c1.I. The maximum Gasteiger partial charge on any atom is 0.188 e. The highest BCUT2D eigenvalue weighted by molar-refractivity contribution is 14.0. The van der Waals surface area contributed by atoms with Crippen molar-refractivity contribution in [1.82, 2.24) is 5.32 Å². The van der Waals surface area contributed by atoms with E-state index in [4.69, 9.17) is 15.2 Å². The van der Waals surface area contributed by atoms with Gasteiger partial charge in [-0.15, -0.1) is 24.0 Å². The number of aliphatic imine (C=N–C) groups is 1. The second-order valence-electron chi connectivity index (χ2n) is 5.69. The van der Waals surface area contributed by atoms with Gasteiger partial charge in [-0.05, 0) is 30.0 Å². The summed E-state index contributed by atoms with van der Waals surface area (Å²) in [5, 5.41) is 3.24. The van der Waals surface area contributed by atoms with Crippen LogP contribution in [-0.4, -0.2) is 26.7 Å². The topological polar surface area (TPSA) is 68.9 Å². The number of nitrogens with two attached hydrogens (primary N) is 1. The number of rotatable bonds is 10. The van der Waals surface area contributed by atoms with E-state index in [0.717, 1.165) is 18.5 Å². The first-order valence-corrected chi connectivity index (χ1v) is 8.39. The third-order valence-corrected chi connectivity index (χ3v) is 4.00. The van der Waals surface area contributed by atoms with Gasteiger partial charge in [0.2, 0.25) is 0 Å². The molecular formula is C18H32IN3O2. The summed E-state index contributed by atoms with van der Waals surface area (Å²) >= 11 is 0. The molecule has 0 aromatic heterocycles. The van der Waals surface area contributed by atoms with Crippen LogP contribution in [0.25, 0.3) is 0 Å². The zero-order valence-electron chi connectivity index (χ0n) is 15.3. The normalized spacial score (nSPS) is 12.2. The van der Waals surface area contributed by atoms with E-state index in [-0.39, 0.29) is 24.0 Å². The van der Waals surface area contributed by atoms with Gasteiger partial charge in [-0.3, -0.25) is 0 Å². The quantitative estimate of drug-likeness (QED) is 0.323. The highest BCUT2D eigenvalue weighted by Crippen LogP contribution is 2.27. The summed E-state index contributed by atoms with van der Waals surface area (Å²) in [5.41, 5.74) is 7.00. The van der Waals surface area contributed by atoms with Crippen molar-refractivity contribution in [3.8, 4) is 11.5 Å². The lowest BCUT2D eigenvalue weighted by atomic mass is 9.99. The number of nitrogens with zero attached hydrogens (tertiary/aromatic N) is 1. The molecule has 0 spiro atoms. The summed E-state index contributed by atoms with van der Waals surface area (Å²) in [4.78, 5) is 4.40. The number of benzene rings is 1. The molecule has 0 aliphatic carbocycles. The van der Waals surface area contributed by atoms with Gasteiger partial charge in [0.15, 0.2) is 17.5 Å². The monoisotopic (exact) mass is 449 g/mol. The molecule has 3 N–H and O–H groups in total. The van der Waals surface area contributed by atoms with Crippen LogP contribution in [0.1, 0.15) is 45.1 Å². The van der Waals surface area contributed by atoms with Gasteiger partial charge in [-0.1, -0.05) is 39.2 Å². The molecule has 24 heavy (non-hydrogen) atoms. The molecule has 0 aliphatic heterocycles. The number of hydrogen-bond acceptors (Lipinski definition) is 3. The largest absolute Gasteiger partial charge is 0.493 e. The summed E-state index contributed by atoms with van der Waals surface area (Å²) in [5.74, 6) is 2.57. The van der Waals surface area contributed by atoms with Crippen LogP contribution in [0, 0.1) is 5.92 Å². The van der Waals surface area contributed by atoms with Crippen LogP contribution >= 0.6 is 24.0 Å². The van der Waals surface area contributed by atoms with Crippen LogP contribution < -0.4 is 20.5 Å². The summed E-state index contributed by atoms with van der Waals surface area (Å²) in [7, 11) is 3.25. The summed E-state index contributed by atoms with van der Waals surface area (Å²) in [6.07, 6.45) is 4.90. The average Bonchev–Trinajstić information content (AvgIpc) is 2.59. The van der Waals surface area contributed by atoms with Gasteiger partial charge >= 0.3 is 0 Å². The molecule has 0 bridgehead atoms. The van der Waals surface area contributed by atoms with E-state index in [1.165, 1.54) is 19.3 Å². The molecular weight excluding hydrogens is 417 g/mol. The number of methoxy groups -OCH3 is 2. The number of halogens is 1. The van der Waals surface area contributed by atoms with E-state index in [1.807, 2.05) is 18.2 Å². The molecule has 6 heteroatoms. The Morgan fingerprint density at radius 2 is 1.92 bits per heavy atom. The molecule has 1 rings (SSSR count). The first-order chi connectivity index (χ1) is 11.1. The van der Waals surface area contributed by atoms with E-state index in [1.54, 1.807) is 14.2 Å². The minimum atomic E-state index is 0. The molecule has 1 unspecified atom stereocenters. The second-order valence-corrected chi connectivity index (χ2v) is 5.69. The Morgan fingerprint density at radius 3 is 2.50 bits per heavy atom. The molecule has 1 atom stereocenters. The smallest absolute Gasteiger partial charge is 0.188 e. The highest BCUT2D eigenvalue weighted by Gasteiger charge is 2.06. The summed E-state index contributed by atoms with van der Waals surface area (Å²) in [6, 6.07) is 5.77. The summed E-state index contributed by atoms with van der Waals surface area (Å²) < 4.78 is 10.5. The number of ether oxygens (including phenoxy) is 2. The van der Waals surface area contributed by atoms with E-state index in [9.17, 15) is 0 Å². The average molecular weight is 449 g/mol. The molecule has 5 nitrogen and oxygen atoms in total. The predicted molar refractivity (Wildman–Crippen MR) is 112 cm³/mol. The minimum absolute atomic E-state index is 0. The highest BCUT2D eigenvalue weighted by atomic mass is 127. The molecule has 0 saturated carbocycles. The number of guanidine groups is 1. The number of nitrogens with one attached hydrogen (secondary N) is 1. The Kier molecular flexibility index (Phi) is 12.5. The van der Waals surface area contributed by atoms with Crippen molar-refractivity contribution in [1.29, 1.82) is 0 Å². The lowest BCUT2D eigenvalue weighted by molar-refractivity contribution is 0.354. The van der Waals surface area contributed by atoms with E-state index < -0.39 is 0 Å². The Hall–Kier alpha value is -1.18. The molecule has 0 saturated heterocycles. The molecule has 1 aromatic rings. The van der Waals surface area contributed by atoms with Gasteiger partial charge in [-0.2, -0.15) is 0 Å². The number of unbranched alkanes of at least 4 members (excludes halogenated alkanes) is 1. The van der Waals surface area contributed by atoms with Crippen LogP contribution in [0.5, 0.6) is 11.5 Å². The first-order valence-electron chi connectivity index (χ1n) is 8.39. The van der Waals surface area contributed by atoms with Crippen LogP contribution in [0.15, 0.2) is 23.2 Å². The third kappa shape index (κ3) is 8.08. The lowest BCUT2D eigenvalue weighted by Gasteiger charge is -2.15. The van der Waals surface area contributed by atoms with Gasteiger partial charge < -0.3 is 20.5 Å². The third-order valence-electron chi connectivity index (χ3n) is 4.00. The number of hydrogen-bond donors (Lipinski definition) is 2. The van der Waals surface area contributed by atoms with Crippen LogP contribution in [0.4, 0.5) is 0 Å². The van der Waals surface area contributed by atoms with E-state index in [0.29, 0.717) is 29.9 Å². The molecule has 0 fully saturated rings. The van der Waals surface area contributed by atoms with Crippen molar-refractivity contribution in [3.05, 3.63) is 23.8 Å². The van der Waals surface area contributed by atoms with Gasteiger partial charge in [0.1, 0.15) is 0 Å². The van der Waals surface area contributed by atoms with Crippen molar-refractivity contribution >= 4 is 29.9 Å². The van der Waals surface area contributed by atoms with Crippen molar-refractivity contribution in [2.24, 2.45) is 16.6 Å². The van der Waals surface area contributed by atoms with E-state index >= 15 is 0 Å². The maximum absolute atomic E-state index is 5.96. The Balaban J connectivity index is 0.00000529. The van der Waals surface area contributed by atoms with Crippen LogP contribution in [0.3, 0.4) is 0 Å². The van der Waals surface area contributed by atoms with Crippen LogP contribution in [0.2, 0.25) is 0 Å². The van der Waals surface area contributed by atoms with Crippen molar-refractivity contribution in [2.75, 3.05) is 20.8 Å². The first kappa shape index (κ1) is 22.8. The van der Waals surface area contributed by atoms with Gasteiger partial charge in [0.25, 0.3) is 0 Å². The molecule has 0 amide bonds. The van der Waals surface area contributed by atoms with Crippen LogP contribution in [-0.2, 0) is 6.54 Å². The fraction of sp³-hybridized carbons (Fsp3) is 0.611. The Labute approximate surface area is 163 Å². The summed E-state index contributed by atoms with van der Waals surface area (Å²) in [6.45, 7) is 5.85. The maximum atomic E-state index is 5.96. The molecule has 1 aromatic carbocycles. The van der Waals surface area contributed by atoms with Crippen molar-refractivity contribution in [2.45, 2.75) is 46.1 Å². The van der Waals surface area contributed by atoms with Crippen molar-refractivity contribution < 1.29 is 9.47 Å². The minimum Gasteiger partial charge on any atom is -0.493 e. The second kappa shape index (κ2) is 13.1. The Bertz CT molecular complexity index is 495. The zero-order valence-corrected chi connectivity index (χ0v) is 17.6. The van der Waals surface area contributed by atoms with E-state index in [2.05, 4.69) is 24.2 Å². The fourth-order valence-corrected chi connectivity index (χ4v) is 2.40. The van der Waals surface area contributed by atoms with Gasteiger partial charge in [0, 0.05) is 6.54 Å². The fourth-order valence-electron chi connectivity index (χ4n) is 2.40. The Morgan fingerprint density at radius 1 is 1.21 bits per heavy atom. The molecule has 0 radical (unpaired) electrons. The molecule has 0 heterocycles. The van der Waals surface area contributed by atoms with Crippen molar-refractivity contribution in [3.63, 3.8) is 0 Å².